The molecule has 0 spiro atoms. The fraction of sp³-hybridized carbons (Fsp3) is 0.231. The average molecular weight is 451 g/mol. The van der Waals surface area contributed by atoms with Crippen LogP contribution < -0.4 is 5.32 Å². The van der Waals surface area contributed by atoms with Gasteiger partial charge >= 0.3 is 0 Å². The Morgan fingerprint density at radius 1 is 0.969 bits per heavy atom. The maximum Gasteiger partial charge on any atom is 0.242 e. The first-order valence-corrected chi connectivity index (χ1v) is 11.4. The van der Waals surface area contributed by atoms with Crippen molar-refractivity contribution in [2.75, 3.05) is 12.8 Å². The molecule has 0 heterocycles. The van der Waals surface area contributed by atoms with E-state index in [1.165, 1.54) is 22.7 Å². The van der Waals surface area contributed by atoms with Crippen molar-refractivity contribution in [2.45, 2.75) is 30.8 Å². The van der Waals surface area contributed by atoms with E-state index in [9.17, 15) is 14.0 Å². The topological polar surface area (TPSA) is 49.4 Å². The fourth-order valence-corrected chi connectivity index (χ4v) is 4.18. The van der Waals surface area contributed by atoms with E-state index in [-0.39, 0.29) is 24.1 Å². The summed E-state index contributed by atoms with van der Waals surface area (Å²) in [6, 6.07) is 23.0. The molecule has 0 saturated heterocycles. The standard InChI is InChI=1S/C26H27FN2O2S/c1-19-12-14-22(15-13-19)32-18-25(30)29(17-21-10-6-7-11-23(21)27)24(26(31)28-2)16-20-8-4-3-5-9-20/h3-15,24H,16-18H2,1-2H3,(H,28,31)/t24-/m0/s1. The van der Waals surface area contributed by atoms with Crippen molar-refractivity contribution in [2.24, 2.45) is 0 Å². The number of rotatable bonds is 9. The number of nitrogens with zero attached hydrogens (tertiary/aromatic N) is 1. The Bertz CT molecular complexity index is 1040. The van der Waals surface area contributed by atoms with Gasteiger partial charge in [0.15, 0.2) is 0 Å². The molecule has 3 rings (SSSR count). The minimum Gasteiger partial charge on any atom is -0.357 e. The number of halogens is 1. The molecule has 3 aromatic rings. The molecule has 0 aliphatic rings. The van der Waals surface area contributed by atoms with Crippen LogP contribution in [0.2, 0.25) is 0 Å². The number of thioether (sulfide) groups is 1. The predicted molar refractivity (Wildman–Crippen MR) is 127 cm³/mol. The molecule has 1 atom stereocenters. The zero-order valence-electron chi connectivity index (χ0n) is 18.3. The minimum atomic E-state index is -0.756. The van der Waals surface area contributed by atoms with E-state index in [2.05, 4.69) is 5.32 Å². The van der Waals surface area contributed by atoms with Gasteiger partial charge in [0.1, 0.15) is 11.9 Å². The number of carbonyl (C=O) groups excluding carboxylic acids is 2. The summed E-state index contributed by atoms with van der Waals surface area (Å²) in [5, 5.41) is 2.67. The molecular formula is C26H27FN2O2S. The van der Waals surface area contributed by atoms with Gasteiger partial charge in [-0.1, -0.05) is 66.2 Å². The van der Waals surface area contributed by atoms with Crippen LogP contribution in [-0.4, -0.2) is 35.6 Å². The smallest absolute Gasteiger partial charge is 0.242 e. The fourth-order valence-electron chi connectivity index (χ4n) is 3.39. The monoisotopic (exact) mass is 450 g/mol. The molecule has 0 radical (unpaired) electrons. The highest BCUT2D eigenvalue weighted by atomic mass is 32.2. The van der Waals surface area contributed by atoms with Crippen LogP contribution in [0.4, 0.5) is 4.39 Å². The molecule has 166 valence electrons. The van der Waals surface area contributed by atoms with E-state index in [0.29, 0.717) is 12.0 Å². The van der Waals surface area contributed by atoms with Gasteiger partial charge in [0.25, 0.3) is 0 Å². The lowest BCUT2D eigenvalue weighted by Gasteiger charge is -2.31. The molecule has 0 aliphatic carbocycles. The van der Waals surface area contributed by atoms with Crippen molar-refractivity contribution in [3.05, 3.63) is 101 Å². The Balaban J connectivity index is 1.87. The molecule has 0 aliphatic heterocycles. The van der Waals surface area contributed by atoms with Gasteiger partial charge in [-0.05, 0) is 30.7 Å². The van der Waals surface area contributed by atoms with Crippen LogP contribution in [0.5, 0.6) is 0 Å². The van der Waals surface area contributed by atoms with Gasteiger partial charge in [-0.3, -0.25) is 9.59 Å². The molecule has 6 heteroatoms. The lowest BCUT2D eigenvalue weighted by molar-refractivity contribution is -0.139. The molecule has 4 nitrogen and oxygen atoms in total. The summed E-state index contributed by atoms with van der Waals surface area (Å²) in [4.78, 5) is 28.7. The van der Waals surface area contributed by atoms with Crippen LogP contribution in [0.15, 0.2) is 83.8 Å². The highest BCUT2D eigenvalue weighted by molar-refractivity contribution is 8.00. The third-order valence-electron chi connectivity index (χ3n) is 5.20. The van der Waals surface area contributed by atoms with E-state index in [1.807, 2.05) is 61.5 Å². The third kappa shape index (κ3) is 6.44. The van der Waals surface area contributed by atoms with Gasteiger partial charge in [0.05, 0.1) is 5.75 Å². The van der Waals surface area contributed by atoms with E-state index in [4.69, 9.17) is 0 Å². The Labute approximate surface area is 192 Å². The number of hydrogen-bond donors (Lipinski definition) is 1. The molecule has 32 heavy (non-hydrogen) atoms. The number of aryl methyl sites for hydroxylation is 1. The zero-order valence-corrected chi connectivity index (χ0v) is 19.1. The second-order valence-electron chi connectivity index (χ2n) is 7.53. The normalized spacial score (nSPS) is 11.6. The molecule has 1 N–H and O–H groups in total. The predicted octanol–water partition coefficient (Wildman–Crippen LogP) is 4.61. The van der Waals surface area contributed by atoms with E-state index >= 15 is 0 Å². The summed E-state index contributed by atoms with van der Waals surface area (Å²) in [5.41, 5.74) is 2.45. The lowest BCUT2D eigenvalue weighted by atomic mass is 10.0. The first-order chi connectivity index (χ1) is 15.5. The van der Waals surface area contributed by atoms with Crippen molar-refractivity contribution in [1.29, 1.82) is 0 Å². The second kappa shape index (κ2) is 11.5. The van der Waals surface area contributed by atoms with Gasteiger partial charge in [0.2, 0.25) is 11.8 Å². The minimum absolute atomic E-state index is 0.0187. The van der Waals surface area contributed by atoms with Crippen LogP contribution in [0.25, 0.3) is 0 Å². The Hall–Kier alpha value is -3.12. The number of benzene rings is 3. The summed E-state index contributed by atoms with van der Waals surface area (Å²) in [6.07, 6.45) is 0.343. The van der Waals surface area contributed by atoms with E-state index in [0.717, 1.165) is 16.0 Å². The number of carbonyl (C=O) groups is 2. The second-order valence-corrected chi connectivity index (χ2v) is 8.58. The molecule has 0 unspecified atom stereocenters. The maximum absolute atomic E-state index is 14.4. The summed E-state index contributed by atoms with van der Waals surface area (Å²) in [6.45, 7) is 2.03. The Morgan fingerprint density at radius 3 is 2.28 bits per heavy atom. The Morgan fingerprint density at radius 2 is 1.62 bits per heavy atom. The maximum atomic E-state index is 14.4. The molecule has 0 bridgehead atoms. The molecule has 0 fully saturated rings. The summed E-state index contributed by atoms with van der Waals surface area (Å²) < 4.78 is 14.4. The molecule has 3 aromatic carbocycles. The summed E-state index contributed by atoms with van der Waals surface area (Å²) in [5.74, 6) is -0.742. The van der Waals surface area contributed by atoms with Gasteiger partial charge in [-0.2, -0.15) is 0 Å². The molecule has 0 saturated carbocycles. The van der Waals surface area contributed by atoms with Crippen molar-refractivity contribution >= 4 is 23.6 Å². The van der Waals surface area contributed by atoms with Crippen LogP contribution in [-0.2, 0) is 22.6 Å². The number of nitrogens with one attached hydrogen (secondary N) is 1. The van der Waals surface area contributed by atoms with Gasteiger partial charge < -0.3 is 10.2 Å². The van der Waals surface area contributed by atoms with Crippen molar-refractivity contribution in [3.8, 4) is 0 Å². The largest absolute Gasteiger partial charge is 0.357 e. The van der Waals surface area contributed by atoms with Crippen molar-refractivity contribution in [1.82, 2.24) is 10.2 Å². The SMILES string of the molecule is CNC(=O)[C@H](Cc1ccccc1)N(Cc1ccccc1F)C(=O)CSc1ccc(C)cc1. The first-order valence-electron chi connectivity index (χ1n) is 10.5. The highest BCUT2D eigenvalue weighted by Gasteiger charge is 2.30. The van der Waals surface area contributed by atoms with Crippen molar-refractivity contribution in [3.63, 3.8) is 0 Å². The quantitative estimate of drug-likeness (QED) is 0.484. The highest BCUT2D eigenvalue weighted by Crippen LogP contribution is 2.22. The number of amides is 2. The van der Waals surface area contributed by atoms with E-state index in [1.54, 1.807) is 25.2 Å². The third-order valence-corrected chi connectivity index (χ3v) is 6.20. The molecule has 0 aromatic heterocycles. The van der Waals surface area contributed by atoms with Gasteiger partial charge in [-0.25, -0.2) is 4.39 Å². The van der Waals surface area contributed by atoms with E-state index < -0.39 is 11.9 Å². The summed E-state index contributed by atoms with van der Waals surface area (Å²) >= 11 is 1.41. The van der Waals surface area contributed by atoms with Crippen LogP contribution in [0, 0.1) is 12.7 Å². The number of hydrogen-bond acceptors (Lipinski definition) is 3. The van der Waals surface area contributed by atoms with Crippen LogP contribution in [0.1, 0.15) is 16.7 Å². The summed E-state index contributed by atoms with van der Waals surface area (Å²) in [7, 11) is 1.55. The van der Waals surface area contributed by atoms with Gasteiger partial charge in [0, 0.05) is 30.5 Å². The first kappa shape index (κ1) is 23.5. The zero-order chi connectivity index (χ0) is 22.9. The Kier molecular flexibility index (Phi) is 8.45. The van der Waals surface area contributed by atoms with Gasteiger partial charge in [-0.15, -0.1) is 11.8 Å². The molecular weight excluding hydrogens is 423 g/mol. The van der Waals surface area contributed by atoms with Crippen LogP contribution >= 0.6 is 11.8 Å². The van der Waals surface area contributed by atoms with Crippen LogP contribution in [0.3, 0.4) is 0 Å². The average Bonchev–Trinajstić information content (AvgIpc) is 2.82. The molecule has 2 amide bonds. The number of likely N-dealkylation sites (N-methyl/N-ethyl adjacent to an activating group) is 1. The lowest BCUT2D eigenvalue weighted by Crippen LogP contribution is -2.50. The van der Waals surface area contributed by atoms with Crippen molar-refractivity contribution < 1.29 is 14.0 Å².